The summed E-state index contributed by atoms with van der Waals surface area (Å²) in [6, 6.07) is 23.9. The van der Waals surface area contributed by atoms with Gasteiger partial charge in [0.2, 0.25) is 5.91 Å². The minimum absolute atomic E-state index is 0.133. The van der Waals surface area contributed by atoms with Crippen molar-refractivity contribution >= 4 is 11.8 Å². The normalized spacial score (nSPS) is 11.4. The molecule has 0 spiro atoms. The molecule has 5 nitrogen and oxygen atoms in total. The molecule has 0 bridgehead atoms. The van der Waals surface area contributed by atoms with E-state index in [0.29, 0.717) is 24.5 Å². The van der Waals surface area contributed by atoms with Crippen LogP contribution in [0.15, 0.2) is 84.9 Å². The third kappa shape index (κ3) is 7.54. The molecule has 0 heterocycles. The van der Waals surface area contributed by atoms with E-state index in [2.05, 4.69) is 10.6 Å². The third-order valence-corrected chi connectivity index (χ3v) is 4.91. The zero-order chi connectivity index (χ0) is 22.6. The maximum atomic E-state index is 12.9. The van der Waals surface area contributed by atoms with E-state index >= 15 is 0 Å². The highest BCUT2D eigenvalue weighted by molar-refractivity contribution is 5.94. The van der Waals surface area contributed by atoms with E-state index in [1.807, 2.05) is 36.4 Å². The SMILES string of the molecule is O=C(CC(NC(=O)c1ccccc1)c1ccccc1)NCCCCOc1ccc(F)cc1. The van der Waals surface area contributed by atoms with Crippen molar-refractivity contribution in [2.45, 2.75) is 25.3 Å². The van der Waals surface area contributed by atoms with Gasteiger partial charge in [-0.3, -0.25) is 9.59 Å². The maximum absolute atomic E-state index is 12.9. The van der Waals surface area contributed by atoms with Gasteiger partial charge in [0.25, 0.3) is 5.91 Å². The van der Waals surface area contributed by atoms with E-state index < -0.39 is 6.04 Å². The molecular formula is C26H27FN2O3. The lowest BCUT2D eigenvalue weighted by molar-refractivity contribution is -0.121. The molecule has 3 aromatic rings. The van der Waals surface area contributed by atoms with Crippen LogP contribution in [0, 0.1) is 5.82 Å². The average Bonchev–Trinajstić information content (AvgIpc) is 2.83. The Morgan fingerprint density at radius 2 is 1.50 bits per heavy atom. The summed E-state index contributed by atoms with van der Waals surface area (Å²) in [6.45, 7) is 1.00. The number of hydrogen-bond donors (Lipinski definition) is 2. The van der Waals surface area contributed by atoms with Crippen LogP contribution in [-0.4, -0.2) is 25.0 Å². The van der Waals surface area contributed by atoms with E-state index in [1.54, 1.807) is 36.4 Å². The molecule has 166 valence electrons. The zero-order valence-electron chi connectivity index (χ0n) is 17.8. The predicted molar refractivity (Wildman–Crippen MR) is 122 cm³/mol. The Bertz CT molecular complexity index is 979. The highest BCUT2D eigenvalue weighted by atomic mass is 19.1. The zero-order valence-corrected chi connectivity index (χ0v) is 17.8. The van der Waals surface area contributed by atoms with Gasteiger partial charge in [-0.15, -0.1) is 0 Å². The lowest BCUT2D eigenvalue weighted by atomic mass is 10.0. The first-order valence-corrected chi connectivity index (χ1v) is 10.7. The standard InChI is InChI=1S/C26H27FN2O3/c27-22-13-15-23(16-14-22)32-18-8-7-17-28-25(30)19-24(20-9-3-1-4-10-20)29-26(31)21-11-5-2-6-12-21/h1-6,9-16,24H,7-8,17-19H2,(H,28,30)(H,29,31). The minimum Gasteiger partial charge on any atom is -0.494 e. The van der Waals surface area contributed by atoms with Crippen molar-refractivity contribution in [3.05, 3.63) is 102 Å². The molecule has 3 rings (SSSR count). The number of nitrogens with one attached hydrogen (secondary N) is 2. The molecule has 0 saturated carbocycles. The second-order valence-electron chi connectivity index (χ2n) is 7.37. The first-order chi connectivity index (χ1) is 15.6. The van der Waals surface area contributed by atoms with Gasteiger partial charge in [0.1, 0.15) is 11.6 Å². The van der Waals surface area contributed by atoms with E-state index in [-0.39, 0.29) is 24.1 Å². The van der Waals surface area contributed by atoms with Gasteiger partial charge in [-0.25, -0.2) is 4.39 Å². The molecule has 2 amide bonds. The highest BCUT2D eigenvalue weighted by Gasteiger charge is 2.19. The summed E-state index contributed by atoms with van der Waals surface area (Å²) in [5.41, 5.74) is 1.43. The summed E-state index contributed by atoms with van der Waals surface area (Å²) in [7, 11) is 0. The molecule has 0 aliphatic carbocycles. The summed E-state index contributed by atoms with van der Waals surface area (Å²) >= 11 is 0. The van der Waals surface area contributed by atoms with E-state index in [1.165, 1.54) is 12.1 Å². The number of benzene rings is 3. The number of amides is 2. The van der Waals surface area contributed by atoms with Crippen LogP contribution in [0.2, 0.25) is 0 Å². The van der Waals surface area contributed by atoms with Crippen LogP contribution in [0.3, 0.4) is 0 Å². The van der Waals surface area contributed by atoms with Crippen LogP contribution in [0.5, 0.6) is 5.75 Å². The number of rotatable bonds is 11. The molecule has 1 unspecified atom stereocenters. The molecule has 1 atom stereocenters. The Morgan fingerprint density at radius 3 is 2.19 bits per heavy atom. The summed E-state index contributed by atoms with van der Waals surface area (Å²) in [5, 5.41) is 5.87. The average molecular weight is 435 g/mol. The van der Waals surface area contributed by atoms with Gasteiger partial charge >= 0.3 is 0 Å². The molecule has 2 N–H and O–H groups in total. The fourth-order valence-corrected chi connectivity index (χ4v) is 3.20. The summed E-state index contributed by atoms with van der Waals surface area (Å²) in [5.74, 6) is -0.0269. The first kappa shape index (κ1) is 23.0. The lowest BCUT2D eigenvalue weighted by Crippen LogP contribution is -2.34. The van der Waals surface area contributed by atoms with Gasteiger partial charge in [-0.05, 0) is 54.8 Å². The number of hydrogen-bond acceptors (Lipinski definition) is 3. The Balaban J connectivity index is 1.44. The minimum atomic E-state index is -0.425. The second kappa shape index (κ2) is 12.2. The fraction of sp³-hybridized carbons (Fsp3) is 0.231. The summed E-state index contributed by atoms with van der Waals surface area (Å²) < 4.78 is 18.4. The molecule has 0 aliphatic heterocycles. The first-order valence-electron chi connectivity index (χ1n) is 10.7. The molecule has 3 aromatic carbocycles. The van der Waals surface area contributed by atoms with E-state index in [9.17, 15) is 14.0 Å². The Morgan fingerprint density at radius 1 is 0.844 bits per heavy atom. The van der Waals surface area contributed by atoms with Crippen molar-refractivity contribution < 1.29 is 18.7 Å². The molecule has 0 radical (unpaired) electrons. The largest absolute Gasteiger partial charge is 0.494 e. The maximum Gasteiger partial charge on any atom is 0.251 e. The second-order valence-corrected chi connectivity index (χ2v) is 7.37. The number of carbonyl (C=O) groups excluding carboxylic acids is 2. The van der Waals surface area contributed by atoms with Crippen LogP contribution in [-0.2, 0) is 4.79 Å². The fourth-order valence-electron chi connectivity index (χ4n) is 3.20. The Labute approximate surface area is 187 Å². The predicted octanol–water partition coefficient (Wildman–Crippen LogP) is 4.66. The van der Waals surface area contributed by atoms with Gasteiger partial charge < -0.3 is 15.4 Å². The molecule has 32 heavy (non-hydrogen) atoms. The van der Waals surface area contributed by atoms with Crippen LogP contribution >= 0.6 is 0 Å². The van der Waals surface area contributed by atoms with Crippen LogP contribution in [0.4, 0.5) is 4.39 Å². The van der Waals surface area contributed by atoms with Crippen molar-refractivity contribution in [3.63, 3.8) is 0 Å². The van der Waals surface area contributed by atoms with Crippen LogP contribution in [0.1, 0.15) is 41.2 Å². The number of carbonyl (C=O) groups is 2. The smallest absolute Gasteiger partial charge is 0.251 e. The van der Waals surface area contributed by atoms with Gasteiger partial charge in [-0.1, -0.05) is 48.5 Å². The van der Waals surface area contributed by atoms with Gasteiger partial charge in [0.05, 0.1) is 19.1 Å². The number of halogens is 1. The molecule has 0 aliphatic rings. The summed E-state index contributed by atoms with van der Waals surface area (Å²) in [4.78, 5) is 25.1. The van der Waals surface area contributed by atoms with Crippen molar-refractivity contribution in [1.82, 2.24) is 10.6 Å². The highest BCUT2D eigenvalue weighted by Crippen LogP contribution is 2.17. The van der Waals surface area contributed by atoms with Gasteiger partial charge in [-0.2, -0.15) is 0 Å². The van der Waals surface area contributed by atoms with Crippen molar-refractivity contribution in [2.75, 3.05) is 13.2 Å². The molecular weight excluding hydrogens is 407 g/mol. The number of ether oxygens (including phenoxy) is 1. The molecule has 6 heteroatoms. The quantitative estimate of drug-likeness (QED) is 0.431. The third-order valence-electron chi connectivity index (χ3n) is 4.91. The van der Waals surface area contributed by atoms with E-state index in [4.69, 9.17) is 4.74 Å². The molecule has 0 saturated heterocycles. The topological polar surface area (TPSA) is 67.4 Å². The van der Waals surface area contributed by atoms with Crippen molar-refractivity contribution in [1.29, 1.82) is 0 Å². The Hall–Kier alpha value is -3.67. The van der Waals surface area contributed by atoms with E-state index in [0.717, 1.165) is 18.4 Å². The molecule has 0 aromatic heterocycles. The van der Waals surface area contributed by atoms with Crippen molar-refractivity contribution in [2.24, 2.45) is 0 Å². The van der Waals surface area contributed by atoms with Crippen LogP contribution < -0.4 is 15.4 Å². The van der Waals surface area contributed by atoms with Crippen LogP contribution in [0.25, 0.3) is 0 Å². The number of unbranched alkanes of at least 4 members (excludes halogenated alkanes) is 1. The summed E-state index contributed by atoms with van der Waals surface area (Å²) in [6.07, 6.45) is 1.65. The Kier molecular flexibility index (Phi) is 8.80. The van der Waals surface area contributed by atoms with Gasteiger partial charge in [0, 0.05) is 12.1 Å². The van der Waals surface area contributed by atoms with Crippen molar-refractivity contribution in [3.8, 4) is 5.75 Å². The van der Waals surface area contributed by atoms with Gasteiger partial charge in [0.15, 0.2) is 0 Å². The lowest BCUT2D eigenvalue weighted by Gasteiger charge is -2.19. The molecule has 0 fully saturated rings. The monoisotopic (exact) mass is 434 g/mol.